The molecule has 2 nitrogen and oxygen atoms in total. The molecule has 0 amide bonds. The Hall–Kier alpha value is -0.0800. The number of piperidine rings is 1. The molecule has 1 heterocycles. The molecule has 1 saturated heterocycles. The predicted molar refractivity (Wildman–Crippen MR) is 72.0 cm³/mol. The molecule has 17 heavy (non-hydrogen) atoms. The molecule has 100 valence electrons. The van der Waals surface area contributed by atoms with Gasteiger partial charge in [-0.25, -0.2) is 0 Å². The molecule has 0 aromatic rings. The first-order chi connectivity index (χ1) is 7.74. The van der Waals surface area contributed by atoms with Crippen molar-refractivity contribution in [2.75, 3.05) is 33.4 Å². The quantitative estimate of drug-likeness (QED) is 0.748. The second kappa shape index (κ2) is 4.24. The first-order valence-electron chi connectivity index (χ1n) is 6.96. The molecule has 0 aromatic carbocycles. The highest BCUT2D eigenvalue weighted by atomic mass is 16.5. The Morgan fingerprint density at radius 3 is 2.00 bits per heavy atom. The van der Waals surface area contributed by atoms with E-state index in [9.17, 15) is 0 Å². The average molecular weight is 239 g/mol. The fraction of sp³-hybridized carbons (Fsp3) is 1.00. The van der Waals surface area contributed by atoms with Gasteiger partial charge >= 0.3 is 0 Å². The van der Waals surface area contributed by atoms with Crippen LogP contribution in [0.5, 0.6) is 0 Å². The van der Waals surface area contributed by atoms with E-state index in [1.807, 2.05) is 0 Å². The number of nitrogens with zero attached hydrogens (tertiary/aromatic N) is 1. The molecule has 2 aliphatic rings. The largest absolute Gasteiger partial charge is 0.384 e. The fourth-order valence-corrected chi connectivity index (χ4v) is 4.07. The van der Waals surface area contributed by atoms with Crippen molar-refractivity contribution >= 4 is 0 Å². The van der Waals surface area contributed by atoms with Gasteiger partial charge in [-0.3, -0.25) is 0 Å². The SMILES string of the molecule is COCC(C)(C)CN1CC2C(C(C)(C)C)[C@H]2C1. The number of fused-ring (bicyclic) bond motifs is 1. The van der Waals surface area contributed by atoms with Crippen LogP contribution in [0.2, 0.25) is 0 Å². The molecule has 2 fully saturated rings. The summed E-state index contributed by atoms with van der Waals surface area (Å²) in [7, 11) is 1.80. The minimum Gasteiger partial charge on any atom is -0.384 e. The molecule has 0 N–H and O–H groups in total. The number of rotatable bonds is 4. The fourth-order valence-electron chi connectivity index (χ4n) is 4.07. The van der Waals surface area contributed by atoms with Gasteiger partial charge in [0.05, 0.1) is 6.61 Å². The van der Waals surface area contributed by atoms with Crippen LogP contribution in [0.15, 0.2) is 0 Å². The van der Waals surface area contributed by atoms with Gasteiger partial charge in [-0.1, -0.05) is 34.6 Å². The summed E-state index contributed by atoms with van der Waals surface area (Å²) in [6, 6.07) is 0. The summed E-state index contributed by atoms with van der Waals surface area (Å²) in [5, 5.41) is 0. The average Bonchev–Trinajstić information content (AvgIpc) is 2.64. The van der Waals surface area contributed by atoms with E-state index >= 15 is 0 Å². The van der Waals surface area contributed by atoms with Crippen molar-refractivity contribution in [2.45, 2.75) is 34.6 Å². The Morgan fingerprint density at radius 1 is 1.06 bits per heavy atom. The summed E-state index contributed by atoms with van der Waals surface area (Å²) >= 11 is 0. The molecule has 0 bridgehead atoms. The molecular weight excluding hydrogens is 210 g/mol. The summed E-state index contributed by atoms with van der Waals surface area (Å²) in [5.41, 5.74) is 0.812. The zero-order chi connectivity index (χ0) is 12.8. The molecule has 1 saturated carbocycles. The minimum absolute atomic E-state index is 0.294. The smallest absolute Gasteiger partial charge is 0.0525 e. The molecular formula is C15H29NO. The third-order valence-electron chi connectivity index (χ3n) is 4.46. The lowest BCUT2D eigenvalue weighted by molar-refractivity contribution is 0.0695. The van der Waals surface area contributed by atoms with Gasteiger partial charge in [0.25, 0.3) is 0 Å². The molecule has 1 aliphatic carbocycles. The third-order valence-corrected chi connectivity index (χ3v) is 4.46. The van der Waals surface area contributed by atoms with Gasteiger partial charge in [0.1, 0.15) is 0 Å². The van der Waals surface area contributed by atoms with E-state index in [0.717, 1.165) is 24.4 Å². The summed E-state index contributed by atoms with van der Waals surface area (Å²) in [6.07, 6.45) is 0. The monoisotopic (exact) mass is 239 g/mol. The van der Waals surface area contributed by atoms with E-state index in [2.05, 4.69) is 39.5 Å². The van der Waals surface area contributed by atoms with Crippen molar-refractivity contribution in [2.24, 2.45) is 28.6 Å². The Morgan fingerprint density at radius 2 is 1.59 bits per heavy atom. The summed E-state index contributed by atoms with van der Waals surface area (Å²) in [6.45, 7) is 16.5. The van der Waals surface area contributed by atoms with Crippen LogP contribution in [-0.4, -0.2) is 38.3 Å². The lowest BCUT2D eigenvalue weighted by atomic mass is 9.86. The molecule has 0 aromatic heterocycles. The lowest BCUT2D eigenvalue weighted by Gasteiger charge is -2.32. The number of likely N-dealkylation sites (tertiary alicyclic amines) is 1. The van der Waals surface area contributed by atoms with Crippen molar-refractivity contribution in [3.8, 4) is 0 Å². The molecule has 2 unspecified atom stereocenters. The van der Waals surface area contributed by atoms with E-state index in [1.54, 1.807) is 7.11 Å². The highest BCUT2D eigenvalue weighted by Gasteiger charge is 2.59. The van der Waals surface area contributed by atoms with Gasteiger partial charge < -0.3 is 9.64 Å². The van der Waals surface area contributed by atoms with Gasteiger partial charge in [0, 0.05) is 32.2 Å². The Balaban J connectivity index is 1.80. The topological polar surface area (TPSA) is 12.5 Å². The first kappa shape index (κ1) is 13.4. The number of methoxy groups -OCH3 is 1. The highest BCUT2D eigenvalue weighted by molar-refractivity contribution is 5.09. The van der Waals surface area contributed by atoms with Crippen LogP contribution in [0, 0.1) is 28.6 Å². The van der Waals surface area contributed by atoms with Gasteiger partial charge in [-0.15, -0.1) is 0 Å². The summed E-state index contributed by atoms with van der Waals surface area (Å²) in [5.74, 6) is 2.94. The standard InChI is InChI=1S/C15H29NO/c1-14(2,3)13-11-7-16(8-12(11)13)9-15(4,5)10-17-6/h11-13H,7-10H2,1-6H3/t11-,12?,13?/m0/s1. The van der Waals surface area contributed by atoms with Gasteiger partial charge in [-0.2, -0.15) is 0 Å². The second-order valence-corrected chi connectivity index (χ2v) is 8.01. The van der Waals surface area contributed by atoms with Crippen molar-refractivity contribution < 1.29 is 4.74 Å². The van der Waals surface area contributed by atoms with Crippen LogP contribution in [0.3, 0.4) is 0 Å². The maximum Gasteiger partial charge on any atom is 0.0525 e. The zero-order valence-electron chi connectivity index (χ0n) is 12.4. The van der Waals surface area contributed by atoms with E-state index in [-0.39, 0.29) is 0 Å². The van der Waals surface area contributed by atoms with Crippen LogP contribution >= 0.6 is 0 Å². The zero-order valence-corrected chi connectivity index (χ0v) is 12.4. The molecule has 2 rings (SSSR count). The van der Waals surface area contributed by atoms with Crippen molar-refractivity contribution in [1.82, 2.24) is 4.90 Å². The van der Waals surface area contributed by atoms with E-state index in [1.165, 1.54) is 19.6 Å². The van der Waals surface area contributed by atoms with E-state index in [0.29, 0.717) is 10.8 Å². The maximum atomic E-state index is 5.30. The van der Waals surface area contributed by atoms with Crippen LogP contribution in [-0.2, 0) is 4.74 Å². The van der Waals surface area contributed by atoms with Gasteiger partial charge in [0.2, 0.25) is 0 Å². The first-order valence-corrected chi connectivity index (χ1v) is 6.96. The van der Waals surface area contributed by atoms with E-state index < -0.39 is 0 Å². The van der Waals surface area contributed by atoms with E-state index in [4.69, 9.17) is 4.74 Å². The normalized spacial score (nSPS) is 33.9. The number of ether oxygens (including phenoxy) is 1. The Labute approximate surface area is 107 Å². The Bertz CT molecular complexity index is 267. The number of hydrogen-bond acceptors (Lipinski definition) is 2. The minimum atomic E-state index is 0.294. The molecule has 1 aliphatic heterocycles. The molecule has 3 atom stereocenters. The van der Waals surface area contributed by atoms with Crippen LogP contribution in [0.25, 0.3) is 0 Å². The predicted octanol–water partition coefficient (Wildman–Crippen LogP) is 2.88. The molecule has 0 radical (unpaired) electrons. The summed E-state index contributed by atoms with van der Waals surface area (Å²) < 4.78 is 5.30. The van der Waals surface area contributed by atoms with Crippen molar-refractivity contribution in [3.05, 3.63) is 0 Å². The highest BCUT2D eigenvalue weighted by Crippen LogP contribution is 2.59. The molecule has 0 spiro atoms. The Kier molecular flexibility index (Phi) is 3.33. The maximum absolute atomic E-state index is 5.30. The van der Waals surface area contributed by atoms with Gasteiger partial charge in [-0.05, 0) is 23.2 Å². The van der Waals surface area contributed by atoms with Crippen molar-refractivity contribution in [1.29, 1.82) is 0 Å². The second-order valence-electron chi connectivity index (χ2n) is 8.01. The molecule has 2 heteroatoms. The van der Waals surface area contributed by atoms with Crippen LogP contribution in [0.1, 0.15) is 34.6 Å². The van der Waals surface area contributed by atoms with Crippen molar-refractivity contribution in [3.63, 3.8) is 0 Å². The third kappa shape index (κ3) is 2.85. The number of hydrogen-bond donors (Lipinski definition) is 0. The lowest BCUT2D eigenvalue weighted by Crippen LogP contribution is -2.38. The van der Waals surface area contributed by atoms with Crippen LogP contribution in [0.4, 0.5) is 0 Å². The van der Waals surface area contributed by atoms with Crippen LogP contribution < -0.4 is 0 Å². The summed E-state index contributed by atoms with van der Waals surface area (Å²) in [4.78, 5) is 2.65. The van der Waals surface area contributed by atoms with Gasteiger partial charge in [0.15, 0.2) is 0 Å².